The fourth-order valence-electron chi connectivity index (χ4n) is 2.22. The Labute approximate surface area is 110 Å². The van der Waals surface area contributed by atoms with Crippen LogP contribution in [0.3, 0.4) is 0 Å². The highest BCUT2D eigenvalue weighted by atomic mass is 16.7. The predicted octanol–water partition coefficient (Wildman–Crippen LogP) is 1.59. The van der Waals surface area contributed by atoms with Gasteiger partial charge in [0.1, 0.15) is 0 Å². The van der Waals surface area contributed by atoms with E-state index in [1.807, 2.05) is 11.7 Å². The molecule has 1 aliphatic rings. The molecule has 0 atom stereocenters. The van der Waals surface area contributed by atoms with Gasteiger partial charge in [0.15, 0.2) is 0 Å². The van der Waals surface area contributed by atoms with E-state index in [2.05, 4.69) is 46.6 Å². The molecular formula is C13H23BN2O2. The standard InChI is InChI=1S/C13H23BN2O2/c1-8-10-11(9(2)16(7)15-10)14-17-12(3,4)13(5,6)18-14/h8H2,1-7H3. The van der Waals surface area contributed by atoms with E-state index in [4.69, 9.17) is 9.31 Å². The Bertz CT molecular complexity index is 450. The Kier molecular flexibility index (Phi) is 3.10. The van der Waals surface area contributed by atoms with Crippen LogP contribution in [0.1, 0.15) is 46.0 Å². The summed E-state index contributed by atoms with van der Waals surface area (Å²) in [5.74, 6) is 0. The van der Waals surface area contributed by atoms with E-state index in [-0.39, 0.29) is 18.3 Å². The Balaban J connectivity index is 2.41. The molecule has 18 heavy (non-hydrogen) atoms. The second-order valence-electron chi connectivity index (χ2n) is 6.01. The highest BCUT2D eigenvalue weighted by Gasteiger charge is 2.53. The molecule has 0 spiro atoms. The topological polar surface area (TPSA) is 36.3 Å². The summed E-state index contributed by atoms with van der Waals surface area (Å²) < 4.78 is 14.1. The number of nitrogens with zero attached hydrogens (tertiary/aromatic N) is 2. The van der Waals surface area contributed by atoms with E-state index < -0.39 is 0 Å². The van der Waals surface area contributed by atoms with Crippen LogP contribution < -0.4 is 5.46 Å². The molecule has 0 N–H and O–H groups in total. The lowest BCUT2D eigenvalue weighted by atomic mass is 9.76. The van der Waals surface area contributed by atoms with E-state index in [0.29, 0.717) is 0 Å². The number of rotatable bonds is 2. The van der Waals surface area contributed by atoms with Gasteiger partial charge < -0.3 is 9.31 Å². The molecule has 4 nitrogen and oxygen atoms in total. The predicted molar refractivity (Wildman–Crippen MR) is 73.0 cm³/mol. The van der Waals surface area contributed by atoms with Gasteiger partial charge in [-0.2, -0.15) is 5.10 Å². The largest absolute Gasteiger partial charge is 0.498 e. The molecule has 0 aliphatic carbocycles. The lowest BCUT2D eigenvalue weighted by molar-refractivity contribution is 0.00578. The molecule has 0 radical (unpaired) electrons. The van der Waals surface area contributed by atoms with E-state index >= 15 is 0 Å². The van der Waals surface area contributed by atoms with Gasteiger partial charge >= 0.3 is 7.12 Å². The van der Waals surface area contributed by atoms with E-state index in [9.17, 15) is 0 Å². The maximum absolute atomic E-state index is 6.11. The number of aryl methyl sites for hydroxylation is 2. The maximum Gasteiger partial charge on any atom is 0.498 e. The molecule has 1 saturated heterocycles. The van der Waals surface area contributed by atoms with Gasteiger partial charge in [0.25, 0.3) is 0 Å². The molecule has 0 saturated carbocycles. The van der Waals surface area contributed by atoms with E-state index in [1.54, 1.807) is 0 Å². The molecule has 1 aromatic rings. The number of hydrogen-bond donors (Lipinski definition) is 0. The Morgan fingerprint density at radius 2 is 1.67 bits per heavy atom. The van der Waals surface area contributed by atoms with Gasteiger partial charge in [-0.15, -0.1) is 0 Å². The van der Waals surface area contributed by atoms with Crippen molar-refractivity contribution in [2.24, 2.45) is 7.05 Å². The summed E-state index contributed by atoms with van der Waals surface area (Å²) in [6, 6.07) is 0. The van der Waals surface area contributed by atoms with Crippen LogP contribution in [0.4, 0.5) is 0 Å². The summed E-state index contributed by atoms with van der Waals surface area (Å²) in [5.41, 5.74) is 2.67. The third-order valence-electron chi connectivity index (χ3n) is 4.28. The van der Waals surface area contributed by atoms with Crippen molar-refractivity contribution < 1.29 is 9.31 Å². The van der Waals surface area contributed by atoms with Crippen molar-refractivity contribution in [1.82, 2.24) is 9.78 Å². The van der Waals surface area contributed by atoms with Crippen molar-refractivity contribution >= 4 is 12.6 Å². The first-order valence-electron chi connectivity index (χ1n) is 6.57. The van der Waals surface area contributed by atoms with Crippen LogP contribution in [0, 0.1) is 6.92 Å². The van der Waals surface area contributed by atoms with Gasteiger partial charge in [-0.05, 0) is 41.0 Å². The van der Waals surface area contributed by atoms with Gasteiger partial charge in [-0.25, -0.2) is 0 Å². The molecule has 1 aromatic heterocycles. The summed E-state index contributed by atoms with van der Waals surface area (Å²) in [4.78, 5) is 0. The summed E-state index contributed by atoms with van der Waals surface area (Å²) in [6.07, 6.45) is 0.890. The second-order valence-corrected chi connectivity index (χ2v) is 6.01. The quantitative estimate of drug-likeness (QED) is 0.748. The third-order valence-corrected chi connectivity index (χ3v) is 4.28. The lowest BCUT2D eigenvalue weighted by Crippen LogP contribution is -2.41. The molecule has 0 amide bonds. The zero-order valence-electron chi connectivity index (χ0n) is 12.5. The van der Waals surface area contributed by atoms with Crippen LogP contribution in [0.2, 0.25) is 0 Å². The van der Waals surface area contributed by atoms with Crippen LogP contribution in [-0.2, 0) is 22.8 Å². The van der Waals surface area contributed by atoms with E-state index in [1.165, 1.54) is 0 Å². The van der Waals surface area contributed by atoms with Crippen LogP contribution in [-0.4, -0.2) is 28.1 Å². The van der Waals surface area contributed by atoms with E-state index in [0.717, 1.165) is 23.3 Å². The molecule has 0 bridgehead atoms. The second kappa shape index (κ2) is 4.10. The molecular weight excluding hydrogens is 227 g/mol. The molecule has 0 unspecified atom stereocenters. The third kappa shape index (κ3) is 1.90. The minimum Gasteiger partial charge on any atom is -0.399 e. The van der Waals surface area contributed by atoms with Crippen molar-refractivity contribution in [3.8, 4) is 0 Å². The zero-order chi connectivity index (χ0) is 13.7. The Hall–Kier alpha value is -0.805. The van der Waals surface area contributed by atoms with Crippen molar-refractivity contribution in [2.75, 3.05) is 0 Å². The van der Waals surface area contributed by atoms with Gasteiger partial charge in [0, 0.05) is 18.2 Å². The summed E-state index contributed by atoms with van der Waals surface area (Å²) in [5, 5.41) is 4.53. The molecule has 1 fully saturated rings. The lowest BCUT2D eigenvalue weighted by Gasteiger charge is -2.32. The maximum atomic E-state index is 6.11. The van der Waals surface area contributed by atoms with Crippen LogP contribution >= 0.6 is 0 Å². The minimum absolute atomic E-state index is 0.301. The van der Waals surface area contributed by atoms with Crippen molar-refractivity contribution in [2.45, 2.75) is 59.2 Å². The summed E-state index contributed by atoms with van der Waals surface area (Å²) in [7, 11) is 1.65. The van der Waals surface area contributed by atoms with Crippen LogP contribution in [0.25, 0.3) is 0 Å². The van der Waals surface area contributed by atoms with Crippen molar-refractivity contribution in [3.05, 3.63) is 11.4 Å². The first kappa shape index (κ1) is 13.6. The Morgan fingerprint density at radius 3 is 2.11 bits per heavy atom. The van der Waals surface area contributed by atoms with Crippen molar-refractivity contribution in [1.29, 1.82) is 0 Å². The minimum atomic E-state index is -0.307. The Morgan fingerprint density at radius 1 is 1.17 bits per heavy atom. The van der Waals surface area contributed by atoms with Gasteiger partial charge in [0.2, 0.25) is 0 Å². The fraction of sp³-hybridized carbons (Fsp3) is 0.769. The van der Waals surface area contributed by atoms with Gasteiger partial charge in [-0.3, -0.25) is 4.68 Å². The average molecular weight is 250 g/mol. The molecule has 5 heteroatoms. The summed E-state index contributed by atoms with van der Waals surface area (Å²) in [6.45, 7) is 12.5. The summed E-state index contributed by atoms with van der Waals surface area (Å²) >= 11 is 0. The van der Waals surface area contributed by atoms with Crippen LogP contribution in [0.15, 0.2) is 0 Å². The molecule has 1 aliphatic heterocycles. The average Bonchev–Trinajstić information content (AvgIpc) is 2.63. The number of aromatic nitrogens is 2. The smallest absolute Gasteiger partial charge is 0.399 e. The fourth-order valence-corrected chi connectivity index (χ4v) is 2.22. The first-order chi connectivity index (χ1) is 8.19. The van der Waals surface area contributed by atoms with Crippen molar-refractivity contribution in [3.63, 3.8) is 0 Å². The SMILES string of the molecule is CCc1nn(C)c(C)c1B1OC(C)(C)C(C)(C)O1. The van der Waals surface area contributed by atoms with Crippen LogP contribution in [0.5, 0.6) is 0 Å². The van der Waals surface area contributed by atoms with Gasteiger partial charge in [0.05, 0.1) is 16.9 Å². The monoisotopic (exact) mass is 250 g/mol. The molecule has 100 valence electrons. The van der Waals surface area contributed by atoms with Gasteiger partial charge in [-0.1, -0.05) is 6.92 Å². The molecule has 2 rings (SSSR count). The normalized spacial score (nSPS) is 21.6. The highest BCUT2D eigenvalue weighted by molar-refractivity contribution is 6.63. The molecule has 2 heterocycles. The first-order valence-corrected chi connectivity index (χ1v) is 6.57. The highest BCUT2D eigenvalue weighted by Crippen LogP contribution is 2.36. The number of hydrogen-bond acceptors (Lipinski definition) is 3. The molecule has 0 aromatic carbocycles. The zero-order valence-corrected chi connectivity index (χ0v) is 12.5.